The van der Waals surface area contributed by atoms with Gasteiger partial charge in [0.05, 0.1) is 5.69 Å². The predicted molar refractivity (Wildman–Crippen MR) is 72.9 cm³/mol. The number of carbonyl (C=O) groups excluding carboxylic acids is 1. The van der Waals surface area contributed by atoms with Crippen LogP contribution in [0.4, 0.5) is 8.78 Å². The van der Waals surface area contributed by atoms with Crippen molar-refractivity contribution in [2.45, 2.75) is 6.92 Å². The Kier molecular flexibility index (Phi) is 2.86. The molecule has 2 aromatic heterocycles. The highest BCUT2D eigenvalue weighted by Crippen LogP contribution is 2.29. The summed E-state index contributed by atoms with van der Waals surface area (Å²) >= 11 is 0. The molecular formula is C16H11F2NO. The molecule has 0 spiro atoms. The van der Waals surface area contributed by atoms with E-state index in [2.05, 4.69) is 0 Å². The van der Waals surface area contributed by atoms with Crippen molar-refractivity contribution in [3.8, 4) is 11.1 Å². The maximum Gasteiger partial charge on any atom is 0.167 e. The van der Waals surface area contributed by atoms with E-state index in [0.717, 1.165) is 29.5 Å². The maximum atomic E-state index is 13.4. The zero-order valence-corrected chi connectivity index (χ0v) is 10.7. The predicted octanol–water partition coefficient (Wildman–Crippen LogP) is 4.01. The fourth-order valence-corrected chi connectivity index (χ4v) is 2.38. The van der Waals surface area contributed by atoms with Gasteiger partial charge in [0.2, 0.25) is 0 Å². The monoisotopic (exact) mass is 271 g/mol. The first kappa shape index (κ1) is 12.5. The van der Waals surface area contributed by atoms with Gasteiger partial charge in [-0.15, -0.1) is 0 Å². The van der Waals surface area contributed by atoms with Crippen molar-refractivity contribution < 1.29 is 13.6 Å². The van der Waals surface area contributed by atoms with Crippen molar-refractivity contribution in [3.05, 3.63) is 65.5 Å². The Labute approximate surface area is 114 Å². The first-order valence-corrected chi connectivity index (χ1v) is 6.13. The van der Waals surface area contributed by atoms with Crippen molar-refractivity contribution in [3.63, 3.8) is 0 Å². The quantitative estimate of drug-likeness (QED) is 0.645. The number of aldehydes is 1. The standard InChI is InChI=1S/C16H11F2NO/c1-10-3-2-6-19-15(10)8-12(16(19)9-20)11-4-5-13(17)14(18)7-11/h2-9H,1H3. The Bertz CT molecular complexity index is 821. The highest BCUT2D eigenvalue weighted by atomic mass is 19.2. The molecule has 0 aliphatic carbocycles. The van der Waals surface area contributed by atoms with Gasteiger partial charge < -0.3 is 4.40 Å². The number of hydrogen-bond acceptors (Lipinski definition) is 1. The summed E-state index contributed by atoms with van der Waals surface area (Å²) in [6.45, 7) is 1.93. The molecule has 0 bridgehead atoms. The summed E-state index contributed by atoms with van der Waals surface area (Å²) in [4.78, 5) is 11.4. The van der Waals surface area contributed by atoms with Crippen LogP contribution in [0, 0.1) is 18.6 Å². The van der Waals surface area contributed by atoms with E-state index in [1.807, 2.05) is 25.1 Å². The number of aromatic nitrogens is 1. The van der Waals surface area contributed by atoms with Crippen LogP contribution in [-0.2, 0) is 0 Å². The number of nitrogens with zero attached hydrogens (tertiary/aromatic N) is 1. The highest BCUT2D eigenvalue weighted by molar-refractivity contribution is 5.90. The highest BCUT2D eigenvalue weighted by Gasteiger charge is 2.14. The number of carbonyl (C=O) groups is 1. The Hall–Kier alpha value is -2.49. The van der Waals surface area contributed by atoms with Gasteiger partial charge in [0.1, 0.15) is 0 Å². The summed E-state index contributed by atoms with van der Waals surface area (Å²) in [6, 6.07) is 9.21. The summed E-state index contributed by atoms with van der Waals surface area (Å²) in [5.41, 5.74) is 3.37. The molecule has 3 rings (SSSR count). The van der Waals surface area contributed by atoms with Gasteiger partial charge in [-0.2, -0.15) is 0 Å². The van der Waals surface area contributed by atoms with E-state index in [9.17, 15) is 13.6 Å². The van der Waals surface area contributed by atoms with E-state index in [4.69, 9.17) is 0 Å². The number of rotatable bonds is 2. The SMILES string of the molecule is Cc1cccn2c(C=O)c(-c3ccc(F)c(F)c3)cc12. The Morgan fingerprint density at radius 3 is 2.60 bits per heavy atom. The molecule has 0 fully saturated rings. The summed E-state index contributed by atoms with van der Waals surface area (Å²) in [5.74, 6) is -1.83. The van der Waals surface area contributed by atoms with E-state index >= 15 is 0 Å². The lowest BCUT2D eigenvalue weighted by Crippen LogP contribution is -1.93. The molecule has 0 aliphatic rings. The lowest BCUT2D eigenvalue weighted by molar-refractivity contribution is 0.111. The topological polar surface area (TPSA) is 21.5 Å². The second-order valence-electron chi connectivity index (χ2n) is 4.64. The molecule has 0 N–H and O–H groups in total. The number of halogens is 2. The minimum absolute atomic E-state index is 0.426. The van der Waals surface area contributed by atoms with Gasteiger partial charge in [-0.25, -0.2) is 8.78 Å². The Balaban J connectivity index is 2.33. The van der Waals surface area contributed by atoms with Crippen LogP contribution in [0.15, 0.2) is 42.6 Å². The third kappa shape index (κ3) is 1.81. The van der Waals surface area contributed by atoms with Gasteiger partial charge in [0.25, 0.3) is 0 Å². The zero-order chi connectivity index (χ0) is 14.3. The van der Waals surface area contributed by atoms with Gasteiger partial charge in [-0.05, 0) is 42.3 Å². The van der Waals surface area contributed by atoms with Crippen LogP contribution in [0.1, 0.15) is 16.1 Å². The molecule has 0 saturated heterocycles. The number of pyridine rings is 1. The van der Waals surface area contributed by atoms with Crippen LogP contribution >= 0.6 is 0 Å². The van der Waals surface area contributed by atoms with E-state index in [0.29, 0.717) is 16.8 Å². The van der Waals surface area contributed by atoms with Crippen LogP contribution in [-0.4, -0.2) is 10.7 Å². The van der Waals surface area contributed by atoms with Crippen LogP contribution in [0.25, 0.3) is 16.6 Å². The van der Waals surface area contributed by atoms with Crippen LogP contribution in [0.5, 0.6) is 0 Å². The van der Waals surface area contributed by atoms with E-state index in [1.54, 1.807) is 10.6 Å². The van der Waals surface area contributed by atoms with Crippen molar-refractivity contribution in [2.75, 3.05) is 0 Å². The summed E-state index contributed by atoms with van der Waals surface area (Å²) in [6.07, 6.45) is 2.50. The van der Waals surface area contributed by atoms with Crippen molar-refractivity contribution in [1.29, 1.82) is 0 Å². The first-order chi connectivity index (χ1) is 9.61. The van der Waals surface area contributed by atoms with Crippen LogP contribution < -0.4 is 0 Å². The molecule has 3 aromatic rings. The van der Waals surface area contributed by atoms with Gasteiger partial charge in [-0.1, -0.05) is 12.1 Å². The van der Waals surface area contributed by atoms with Crippen molar-refractivity contribution in [2.24, 2.45) is 0 Å². The second-order valence-corrected chi connectivity index (χ2v) is 4.64. The number of benzene rings is 1. The first-order valence-electron chi connectivity index (χ1n) is 6.13. The molecule has 2 heterocycles. The number of hydrogen-bond donors (Lipinski definition) is 0. The summed E-state index contributed by atoms with van der Waals surface area (Å²) in [7, 11) is 0. The molecule has 0 aliphatic heterocycles. The molecule has 4 heteroatoms. The number of fused-ring (bicyclic) bond motifs is 1. The van der Waals surface area contributed by atoms with E-state index in [-0.39, 0.29) is 0 Å². The van der Waals surface area contributed by atoms with Gasteiger partial charge in [0, 0.05) is 17.3 Å². The van der Waals surface area contributed by atoms with Gasteiger partial charge >= 0.3 is 0 Å². The summed E-state index contributed by atoms with van der Waals surface area (Å²) in [5, 5.41) is 0. The molecule has 0 unspecified atom stereocenters. The Morgan fingerprint density at radius 1 is 1.10 bits per heavy atom. The third-order valence-corrected chi connectivity index (χ3v) is 3.40. The smallest absolute Gasteiger partial charge is 0.167 e. The normalized spacial score (nSPS) is 10.9. The minimum Gasteiger partial charge on any atom is -0.313 e. The average Bonchev–Trinajstić information content (AvgIpc) is 2.82. The van der Waals surface area contributed by atoms with Crippen molar-refractivity contribution >= 4 is 11.8 Å². The molecule has 20 heavy (non-hydrogen) atoms. The fraction of sp³-hybridized carbons (Fsp3) is 0.0625. The Morgan fingerprint density at radius 2 is 1.90 bits per heavy atom. The van der Waals surface area contributed by atoms with Gasteiger partial charge in [0.15, 0.2) is 17.9 Å². The van der Waals surface area contributed by atoms with Gasteiger partial charge in [-0.3, -0.25) is 4.79 Å². The van der Waals surface area contributed by atoms with Crippen molar-refractivity contribution in [1.82, 2.24) is 4.40 Å². The molecule has 0 saturated carbocycles. The van der Waals surface area contributed by atoms with Crippen LogP contribution in [0.3, 0.4) is 0 Å². The summed E-state index contributed by atoms with van der Waals surface area (Å²) < 4.78 is 28.1. The van der Waals surface area contributed by atoms with Crippen LogP contribution in [0.2, 0.25) is 0 Å². The average molecular weight is 271 g/mol. The lowest BCUT2D eigenvalue weighted by atomic mass is 10.1. The minimum atomic E-state index is -0.925. The molecule has 0 radical (unpaired) electrons. The maximum absolute atomic E-state index is 13.4. The number of aryl methyl sites for hydroxylation is 1. The zero-order valence-electron chi connectivity index (χ0n) is 10.7. The molecule has 0 amide bonds. The molecule has 0 atom stereocenters. The molecule has 1 aromatic carbocycles. The largest absolute Gasteiger partial charge is 0.313 e. The third-order valence-electron chi connectivity index (χ3n) is 3.40. The van der Waals surface area contributed by atoms with E-state index < -0.39 is 11.6 Å². The molecular weight excluding hydrogens is 260 g/mol. The fourth-order valence-electron chi connectivity index (χ4n) is 2.38. The molecule has 2 nitrogen and oxygen atoms in total. The molecule has 100 valence electrons. The van der Waals surface area contributed by atoms with E-state index in [1.165, 1.54) is 6.07 Å². The second kappa shape index (κ2) is 4.56. The lowest BCUT2D eigenvalue weighted by Gasteiger charge is -2.02.